The predicted octanol–water partition coefficient (Wildman–Crippen LogP) is 1.44. The summed E-state index contributed by atoms with van der Waals surface area (Å²) in [4.78, 5) is 10.7. The molecular formula is C10H10O3. The van der Waals surface area contributed by atoms with Crippen LogP contribution in [-0.2, 0) is 6.42 Å². The highest BCUT2D eigenvalue weighted by atomic mass is 16.5. The van der Waals surface area contributed by atoms with E-state index in [0.29, 0.717) is 17.9 Å². The molecule has 3 nitrogen and oxygen atoms in total. The molecule has 68 valence electrons. The third-order valence-corrected chi connectivity index (χ3v) is 2.21. The first kappa shape index (κ1) is 8.10. The van der Waals surface area contributed by atoms with E-state index < -0.39 is 0 Å². The summed E-state index contributed by atoms with van der Waals surface area (Å²) < 4.78 is 10.5. The van der Waals surface area contributed by atoms with Crippen LogP contribution in [0.25, 0.3) is 0 Å². The molecule has 1 aliphatic heterocycles. The van der Waals surface area contributed by atoms with Crippen molar-refractivity contribution in [3.63, 3.8) is 0 Å². The number of hydrogen-bond donors (Lipinski definition) is 0. The van der Waals surface area contributed by atoms with Gasteiger partial charge >= 0.3 is 0 Å². The van der Waals surface area contributed by atoms with Crippen molar-refractivity contribution in [3.8, 4) is 11.5 Å². The molecule has 0 aromatic heterocycles. The van der Waals surface area contributed by atoms with E-state index in [4.69, 9.17) is 9.47 Å². The topological polar surface area (TPSA) is 35.5 Å². The van der Waals surface area contributed by atoms with Crippen LogP contribution in [-0.4, -0.2) is 20.0 Å². The summed E-state index contributed by atoms with van der Waals surface area (Å²) in [5.74, 6) is 1.44. The molecule has 3 heteroatoms. The van der Waals surface area contributed by atoms with Gasteiger partial charge in [-0.05, 0) is 12.1 Å². The molecule has 2 rings (SSSR count). The molecule has 0 N–H and O–H groups in total. The van der Waals surface area contributed by atoms with Gasteiger partial charge in [0.1, 0.15) is 6.29 Å². The van der Waals surface area contributed by atoms with Crippen LogP contribution in [0, 0.1) is 0 Å². The number of rotatable bonds is 2. The van der Waals surface area contributed by atoms with E-state index in [1.807, 2.05) is 0 Å². The molecule has 0 spiro atoms. The van der Waals surface area contributed by atoms with Crippen LogP contribution in [0.15, 0.2) is 12.1 Å². The summed E-state index contributed by atoms with van der Waals surface area (Å²) in [5, 5.41) is 0. The fourth-order valence-electron chi connectivity index (χ4n) is 1.56. The van der Waals surface area contributed by atoms with Gasteiger partial charge in [-0.1, -0.05) is 0 Å². The van der Waals surface area contributed by atoms with E-state index in [0.717, 1.165) is 24.0 Å². The summed E-state index contributed by atoms with van der Waals surface area (Å²) in [6.07, 6.45) is 1.65. The predicted molar refractivity (Wildman–Crippen MR) is 47.6 cm³/mol. The molecule has 0 saturated heterocycles. The molecule has 1 aromatic carbocycles. The quantitative estimate of drug-likeness (QED) is 0.643. The van der Waals surface area contributed by atoms with E-state index in [2.05, 4.69) is 0 Å². The van der Waals surface area contributed by atoms with Gasteiger partial charge in [-0.2, -0.15) is 0 Å². The first-order chi connectivity index (χ1) is 6.36. The molecule has 0 atom stereocenters. The normalized spacial score (nSPS) is 13.3. The average molecular weight is 178 g/mol. The number of benzene rings is 1. The highest BCUT2D eigenvalue weighted by Gasteiger charge is 2.20. The van der Waals surface area contributed by atoms with E-state index in [-0.39, 0.29) is 0 Å². The van der Waals surface area contributed by atoms with Crippen LogP contribution in [0.4, 0.5) is 0 Å². The molecule has 0 bridgehead atoms. The Labute approximate surface area is 76.3 Å². The molecule has 1 heterocycles. The van der Waals surface area contributed by atoms with Gasteiger partial charge in [0.05, 0.1) is 13.7 Å². The highest BCUT2D eigenvalue weighted by molar-refractivity contribution is 5.80. The minimum Gasteiger partial charge on any atom is -0.493 e. The lowest BCUT2D eigenvalue weighted by Gasteiger charge is -2.07. The lowest BCUT2D eigenvalue weighted by atomic mass is 10.1. The Morgan fingerprint density at radius 1 is 1.54 bits per heavy atom. The third-order valence-electron chi connectivity index (χ3n) is 2.21. The van der Waals surface area contributed by atoms with Crippen molar-refractivity contribution in [3.05, 3.63) is 23.3 Å². The molecule has 1 aromatic rings. The summed E-state index contributed by atoms with van der Waals surface area (Å²) in [7, 11) is 1.60. The molecule has 0 aliphatic carbocycles. The second-order valence-electron chi connectivity index (χ2n) is 2.88. The lowest BCUT2D eigenvalue weighted by Crippen LogP contribution is -1.91. The lowest BCUT2D eigenvalue weighted by molar-refractivity contribution is 0.112. The first-order valence-electron chi connectivity index (χ1n) is 4.14. The fraction of sp³-hybridized carbons (Fsp3) is 0.300. The van der Waals surface area contributed by atoms with Gasteiger partial charge in [0.25, 0.3) is 0 Å². The largest absolute Gasteiger partial charge is 0.493 e. The molecule has 0 fully saturated rings. The van der Waals surface area contributed by atoms with Gasteiger partial charge in [0.2, 0.25) is 0 Å². The average Bonchev–Trinajstić information content (AvgIpc) is 2.64. The van der Waals surface area contributed by atoms with Crippen LogP contribution in [0.1, 0.15) is 15.9 Å². The molecular weight excluding hydrogens is 168 g/mol. The standard InChI is InChI=1S/C10H10O3/c1-12-9-3-2-7(6-11)8-4-5-13-10(8)9/h2-3,6H,4-5H2,1H3. The van der Waals surface area contributed by atoms with Crippen molar-refractivity contribution < 1.29 is 14.3 Å². The zero-order valence-corrected chi connectivity index (χ0v) is 7.37. The summed E-state index contributed by atoms with van der Waals surface area (Å²) in [6.45, 7) is 0.635. The number of methoxy groups -OCH3 is 1. The number of carbonyl (C=O) groups excluding carboxylic acids is 1. The van der Waals surface area contributed by atoms with Gasteiger partial charge in [-0.3, -0.25) is 4.79 Å². The Kier molecular flexibility index (Phi) is 1.93. The summed E-state index contributed by atoms with van der Waals surface area (Å²) in [5.41, 5.74) is 1.67. The van der Waals surface area contributed by atoms with Crippen molar-refractivity contribution in [2.45, 2.75) is 6.42 Å². The summed E-state index contributed by atoms with van der Waals surface area (Å²) >= 11 is 0. The molecule has 0 radical (unpaired) electrons. The van der Waals surface area contributed by atoms with E-state index in [1.165, 1.54) is 0 Å². The third kappa shape index (κ3) is 1.16. The van der Waals surface area contributed by atoms with Crippen LogP contribution < -0.4 is 9.47 Å². The number of hydrogen-bond acceptors (Lipinski definition) is 3. The number of carbonyl (C=O) groups is 1. The zero-order chi connectivity index (χ0) is 9.26. The minimum atomic E-state index is 0.635. The smallest absolute Gasteiger partial charge is 0.165 e. The van der Waals surface area contributed by atoms with E-state index >= 15 is 0 Å². The monoisotopic (exact) mass is 178 g/mol. The van der Waals surface area contributed by atoms with Crippen molar-refractivity contribution in [2.24, 2.45) is 0 Å². The van der Waals surface area contributed by atoms with Crippen LogP contribution in [0.3, 0.4) is 0 Å². The van der Waals surface area contributed by atoms with Gasteiger partial charge in [0, 0.05) is 17.5 Å². The van der Waals surface area contributed by atoms with Crippen molar-refractivity contribution >= 4 is 6.29 Å². The van der Waals surface area contributed by atoms with Crippen molar-refractivity contribution in [1.29, 1.82) is 0 Å². The van der Waals surface area contributed by atoms with Crippen LogP contribution >= 0.6 is 0 Å². The molecule has 13 heavy (non-hydrogen) atoms. The number of aldehydes is 1. The Bertz CT molecular complexity index is 344. The maximum atomic E-state index is 10.7. The Morgan fingerprint density at radius 2 is 2.38 bits per heavy atom. The van der Waals surface area contributed by atoms with Gasteiger partial charge in [0.15, 0.2) is 11.5 Å². The van der Waals surface area contributed by atoms with Gasteiger partial charge in [-0.25, -0.2) is 0 Å². The summed E-state index contributed by atoms with van der Waals surface area (Å²) in [6, 6.07) is 3.52. The van der Waals surface area contributed by atoms with Crippen molar-refractivity contribution in [2.75, 3.05) is 13.7 Å². The zero-order valence-electron chi connectivity index (χ0n) is 7.37. The Hall–Kier alpha value is -1.51. The van der Waals surface area contributed by atoms with Gasteiger partial charge < -0.3 is 9.47 Å². The molecule has 1 aliphatic rings. The van der Waals surface area contributed by atoms with Crippen LogP contribution in [0.2, 0.25) is 0 Å². The Morgan fingerprint density at radius 3 is 3.08 bits per heavy atom. The number of ether oxygens (including phenoxy) is 2. The van der Waals surface area contributed by atoms with Gasteiger partial charge in [-0.15, -0.1) is 0 Å². The molecule has 0 saturated carbocycles. The SMILES string of the molecule is COc1ccc(C=O)c2c1OCC2. The second-order valence-corrected chi connectivity index (χ2v) is 2.88. The number of fused-ring (bicyclic) bond motifs is 1. The van der Waals surface area contributed by atoms with Crippen molar-refractivity contribution in [1.82, 2.24) is 0 Å². The second kappa shape index (κ2) is 3.09. The maximum absolute atomic E-state index is 10.7. The molecule has 0 unspecified atom stereocenters. The first-order valence-corrected chi connectivity index (χ1v) is 4.14. The Balaban J connectivity index is 2.58. The maximum Gasteiger partial charge on any atom is 0.165 e. The minimum absolute atomic E-state index is 0.635. The highest BCUT2D eigenvalue weighted by Crippen LogP contribution is 2.36. The fourth-order valence-corrected chi connectivity index (χ4v) is 1.56. The van der Waals surface area contributed by atoms with Crippen LogP contribution in [0.5, 0.6) is 11.5 Å². The molecule has 0 amide bonds. The van der Waals surface area contributed by atoms with E-state index in [9.17, 15) is 4.79 Å². The van der Waals surface area contributed by atoms with E-state index in [1.54, 1.807) is 19.2 Å².